The average molecular weight is 655 g/mol. The lowest BCUT2D eigenvalue weighted by Gasteiger charge is -2.42. The first-order valence-electron chi connectivity index (χ1n) is 8.70. The molecule has 0 atom stereocenters. The monoisotopic (exact) mass is 655 g/mol. The van der Waals surface area contributed by atoms with Gasteiger partial charge in [0.25, 0.3) is 0 Å². The van der Waals surface area contributed by atoms with Crippen LogP contribution in [0.15, 0.2) is 4.99 Å². The molecule has 1 aliphatic rings. The quantitative estimate of drug-likeness (QED) is 0.142. The van der Waals surface area contributed by atoms with Crippen LogP contribution in [-0.4, -0.2) is 57.4 Å². The van der Waals surface area contributed by atoms with Gasteiger partial charge >= 0.3 is 47.6 Å². The summed E-state index contributed by atoms with van der Waals surface area (Å²) in [5.41, 5.74) is 0. The molecule has 0 unspecified atom stereocenters. The van der Waals surface area contributed by atoms with E-state index in [0.29, 0.717) is 19.3 Å². The molecule has 0 spiro atoms. The highest BCUT2D eigenvalue weighted by atomic mass is 127. The molecule has 1 rings (SSSR count). The number of halogens is 18. The smallest absolute Gasteiger partial charge is 0.274 e. The molecule has 0 aromatic rings. The molecule has 34 heavy (non-hydrogen) atoms. The van der Waals surface area contributed by atoms with E-state index in [0.717, 1.165) is 0 Å². The van der Waals surface area contributed by atoms with Crippen LogP contribution in [0.4, 0.5) is 74.6 Å². The largest absolute Gasteiger partial charge is 0.460 e. The zero-order valence-corrected chi connectivity index (χ0v) is 18.0. The highest BCUT2D eigenvalue weighted by Crippen LogP contribution is 2.64. The van der Waals surface area contributed by atoms with Crippen LogP contribution in [0.1, 0.15) is 32.1 Å². The van der Waals surface area contributed by atoms with Crippen LogP contribution >= 0.6 is 22.6 Å². The Kier molecular flexibility index (Phi) is 8.22. The predicted molar refractivity (Wildman–Crippen MR) is 89.0 cm³/mol. The van der Waals surface area contributed by atoms with Crippen molar-refractivity contribution in [1.29, 1.82) is 0 Å². The third-order valence-electron chi connectivity index (χ3n) is 4.85. The van der Waals surface area contributed by atoms with Gasteiger partial charge in [0.2, 0.25) is 0 Å². The van der Waals surface area contributed by atoms with Gasteiger partial charge in [-0.15, -0.1) is 0 Å². The molecule has 0 N–H and O–H groups in total. The summed E-state index contributed by atoms with van der Waals surface area (Å²) in [6, 6.07) is -1.22. The number of aliphatic imine (C=N–C) groups is 1. The maximum absolute atomic E-state index is 14.0. The molecule has 0 aliphatic heterocycles. The molecule has 202 valence electrons. The summed E-state index contributed by atoms with van der Waals surface area (Å²) in [7, 11) is 0. The van der Waals surface area contributed by atoms with E-state index >= 15 is 0 Å². The maximum Gasteiger partial charge on any atom is 0.460 e. The molecule has 1 aliphatic carbocycles. The zero-order valence-electron chi connectivity index (χ0n) is 15.9. The lowest BCUT2D eigenvalue weighted by atomic mass is 9.89. The van der Waals surface area contributed by atoms with Gasteiger partial charge in [0.05, 0.1) is 6.04 Å². The van der Waals surface area contributed by atoms with Crippen molar-refractivity contribution in [2.75, 3.05) is 0 Å². The SMILES string of the molecule is FC(F)(F)C(F)(F)C(F)(F)C(F)(F)C(F)(F)C(F)(F)C(F)(F)C(F)(F)C(I)=NC1CCCCC1. The van der Waals surface area contributed by atoms with Gasteiger partial charge in [-0.25, -0.2) is 0 Å². The van der Waals surface area contributed by atoms with E-state index in [4.69, 9.17) is 0 Å². The lowest BCUT2D eigenvalue weighted by Crippen LogP contribution is -2.74. The first-order valence-corrected chi connectivity index (χ1v) is 9.78. The molecule has 0 aromatic carbocycles. The minimum absolute atomic E-state index is 0.0580. The van der Waals surface area contributed by atoms with Crippen LogP contribution in [0.2, 0.25) is 0 Å². The Balaban J connectivity index is 3.57. The van der Waals surface area contributed by atoms with Crippen molar-refractivity contribution in [2.24, 2.45) is 4.99 Å². The van der Waals surface area contributed by atoms with Crippen molar-refractivity contribution in [3.8, 4) is 0 Å². The third-order valence-corrected chi connectivity index (χ3v) is 5.81. The number of hydrogen-bond donors (Lipinski definition) is 0. The van der Waals surface area contributed by atoms with Crippen molar-refractivity contribution in [3.05, 3.63) is 0 Å². The average Bonchev–Trinajstić information content (AvgIpc) is 2.66. The summed E-state index contributed by atoms with van der Waals surface area (Å²) < 4.78 is 223. The summed E-state index contributed by atoms with van der Waals surface area (Å²) in [6.45, 7) is 0. The topological polar surface area (TPSA) is 12.4 Å². The van der Waals surface area contributed by atoms with E-state index in [9.17, 15) is 74.6 Å². The minimum atomic E-state index is -8.62. The van der Waals surface area contributed by atoms with Gasteiger partial charge in [-0.2, -0.15) is 74.6 Å². The van der Waals surface area contributed by atoms with Crippen LogP contribution in [0, 0.1) is 0 Å². The van der Waals surface area contributed by atoms with Crippen molar-refractivity contribution in [2.45, 2.75) is 85.8 Å². The van der Waals surface area contributed by atoms with Crippen LogP contribution in [0.3, 0.4) is 0 Å². The second-order valence-corrected chi connectivity index (χ2v) is 8.25. The Morgan fingerprint density at radius 3 is 1.18 bits per heavy atom. The zero-order chi connectivity index (χ0) is 27.4. The van der Waals surface area contributed by atoms with E-state index in [2.05, 4.69) is 4.99 Å². The van der Waals surface area contributed by atoms with Gasteiger partial charge in [-0.1, -0.05) is 19.3 Å². The Bertz CT molecular complexity index is 763. The Morgan fingerprint density at radius 1 is 0.500 bits per heavy atom. The fourth-order valence-electron chi connectivity index (χ4n) is 2.74. The normalized spacial score (nSPS) is 19.5. The van der Waals surface area contributed by atoms with E-state index in [1.165, 1.54) is 0 Å². The van der Waals surface area contributed by atoms with Gasteiger partial charge in [0.15, 0.2) is 0 Å². The fourth-order valence-corrected chi connectivity index (χ4v) is 3.48. The van der Waals surface area contributed by atoms with Crippen molar-refractivity contribution in [1.82, 2.24) is 0 Å². The van der Waals surface area contributed by atoms with Gasteiger partial charge in [0.1, 0.15) is 3.72 Å². The van der Waals surface area contributed by atoms with Gasteiger partial charge in [-0.3, -0.25) is 4.99 Å². The Labute approximate surface area is 192 Å². The summed E-state index contributed by atoms with van der Waals surface area (Å²) in [6.07, 6.45) is -6.76. The Morgan fingerprint density at radius 2 is 0.824 bits per heavy atom. The van der Waals surface area contributed by atoms with Crippen molar-refractivity contribution < 1.29 is 74.6 Å². The molecular weight excluding hydrogens is 644 g/mol. The first-order chi connectivity index (χ1) is 14.7. The molecule has 0 aromatic heterocycles. The molecule has 19 heteroatoms. The van der Waals surface area contributed by atoms with Crippen molar-refractivity contribution >= 4 is 26.3 Å². The van der Waals surface area contributed by atoms with Crippen LogP contribution in [0.5, 0.6) is 0 Å². The standard InChI is InChI=1S/C15H11F17IN/c16-8(17,7(33)34-6-4-2-1-3-5-6)9(18,19)10(20,21)11(22,23)12(24,25)13(26,27)14(28,29)15(30,31)32/h6H,1-5H2. The van der Waals surface area contributed by atoms with Crippen LogP contribution in [-0.2, 0) is 0 Å². The fraction of sp³-hybridized carbons (Fsp3) is 0.933. The lowest BCUT2D eigenvalue weighted by molar-refractivity contribution is -0.458. The van der Waals surface area contributed by atoms with Crippen molar-refractivity contribution in [3.63, 3.8) is 0 Å². The third kappa shape index (κ3) is 4.43. The second kappa shape index (κ2) is 8.95. The van der Waals surface area contributed by atoms with Gasteiger partial charge in [0, 0.05) is 0 Å². The molecule has 0 saturated heterocycles. The molecule has 1 saturated carbocycles. The maximum atomic E-state index is 14.0. The number of alkyl halides is 17. The van der Waals surface area contributed by atoms with Crippen LogP contribution in [0.25, 0.3) is 0 Å². The van der Waals surface area contributed by atoms with Gasteiger partial charge < -0.3 is 0 Å². The first kappa shape index (κ1) is 31.2. The molecule has 0 bridgehead atoms. The summed E-state index contributed by atoms with van der Waals surface area (Å²) >= 11 is 0.178. The second-order valence-electron chi connectivity index (χ2n) is 7.23. The molecule has 0 radical (unpaired) electrons. The number of hydrogen-bond acceptors (Lipinski definition) is 1. The number of nitrogens with zero attached hydrogens (tertiary/aromatic N) is 1. The Hall–Kier alpha value is -0.790. The number of rotatable bonds is 8. The molecule has 0 heterocycles. The highest BCUT2D eigenvalue weighted by molar-refractivity contribution is 14.1. The molecule has 1 fully saturated rings. The molecule has 0 amide bonds. The summed E-state index contributed by atoms with van der Waals surface area (Å²) in [4.78, 5) is 2.94. The highest BCUT2D eigenvalue weighted by Gasteiger charge is 2.95. The van der Waals surface area contributed by atoms with Crippen LogP contribution < -0.4 is 0 Å². The van der Waals surface area contributed by atoms with E-state index < -0.39 is 57.4 Å². The van der Waals surface area contributed by atoms with E-state index in [-0.39, 0.29) is 35.4 Å². The predicted octanol–water partition coefficient (Wildman–Crippen LogP) is 8.16. The van der Waals surface area contributed by atoms with E-state index in [1.807, 2.05) is 0 Å². The van der Waals surface area contributed by atoms with Gasteiger partial charge in [-0.05, 0) is 35.4 Å². The van der Waals surface area contributed by atoms with E-state index in [1.54, 1.807) is 0 Å². The molecular formula is C15H11F17IN. The molecule has 1 nitrogen and oxygen atoms in total. The minimum Gasteiger partial charge on any atom is -0.274 e. The summed E-state index contributed by atoms with van der Waals surface area (Å²) in [5.74, 6) is -56.4. The summed E-state index contributed by atoms with van der Waals surface area (Å²) in [5, 5.41) is 0.